The number of nitrogens with zero attached hydrogens (tertiary/aromatic N) is 4. The number of hydrogen-bond donors (Lipinski definition) is 0. The van der Waals surface area contributed by atoms with Crippen LogP contribution in [-0.4, -0.2) is 39.1 Å². The number of fused-ring (bicyclic) bond motifs is 1. The largest absolute Gasteiger partial charge is 0.303 e. The molecule has 4 heteroatoms. The fraction of sp³-hybridized carbons (Fsp3) is 0.538. The molecular weight excluding hydrogens is 212 g/mol. The molecule has 0 amide bonds. The molecule has 0 N–H and O–H groups in total. The van der Waals surface area contributed by atoms with E-state index in [1.165, 1.54) is 18.5 Å². The Morgan fingerprint density at radius 3 is 3.12 bits per heavy atom. The van der Waals surface area contributed by atoms with Crippen molar-refractivity contribution in [1.82, 2.24) is 19.5 Å². The van der Waals surface area contributed by atoms with Crippen LogP contribution in [0.3, 0.4) is 0 Å². The highest BCUT2D eigenvalue weighted by atomic mass is 15.3. The predicted octanol–water partition coefficient (Wildman–Crippen LogP) is 1.85. The van der Waals surface area contributed by atoms with Gasteiger partial charge in [-0.3, -0.25) is 0 Å². The summed E-state index contributed by atoms with van der Waals surface area (Å²) in [5, 5.41) is 4.58. The number of rotatable bonds is 2. The van der Waals surface area contributed by atoms with E-state index in [1.54, 1.807) is 0 Å². The summed E-state index contributed by atoms with van der Waals surface area (Å²) in [5.41, 5.74) is 2.20. The third-order valence-corrected chi connectivity index (χ3v) is 3.59. The van der Waals surface area contributed by atoms with E-state index in [0.717, 1.165) is 24.6 Å². The lowest BCUT2D eigenvalue weighted by Crippen LogP contribution is -2.19. The van der Waals surface area contributed by atoms with Crippen molar-refractivity contribution < 1.29 is 0 Å². The molecule has 90 valence electrons. The smallest absolute Gasteiger partial charge is 0.156 e. The molecular formula is C13H18N4. The monoisotopic (exact) mass is 230 g/mol. The van der Waals surface area contributed by atoms with Gasteiger partial charge in [-0.2, -0.15) is 5.10 Å². The van der Waals surface area contributed by atoms with E-state index in [1.807, 2.05) is 10.7 Å². The molecule has 0 spiro atoms. The Labute approximate surface area is 101 Å². The number of likely N-dealkylation sites (N-methyl/N-ethyl adjacent to an activating group) is 1. The van der Waals surface area contributed by atoms with Gasteiger partial charge >= 0.3 is 0 Å². The van der Waals surface area contributed by atoms with Gasteiger partial charge in [0.15, 0.2) is 11.5 Å². The molecule has 4 nitrogen and oxygen atoms in total. The average Bonchev–Trinajstić information content (AvgIpc) is 2.93. The van der Waals surface area contributed by atoms with Gasteiger partial charge in [0, 0.05) is 18.7 Å². The first kappa shape index (κ1) is 10.7. The van der Waals surface area contributed by atoms with Crippen molar-refractivity contribution in [3.63, 3.8) is 0 Å². The fourth-order valence-electron chi connectivity index (χ4n) is 2.50. The predicted molar refractivity (Wildman–Crippen MR) is 67.2 cm³/mol. The van der Waals surface area contributed by atoms with Crippen LogP contribution in [0.5, 0.6) is 0 Å². The number of pyridine rings is 1. The Balaban J connectivity index is 1.91. The van der Waals surface area contributed by atoms with Crippen LogP contribution in [0.2, 0.25) is 0 Å². The van der Waals surface area contributed by atoms with Crippen LogP contribution in [0.15, 0.2) is 18.3 Å². The summed E-state index contributed by atoms with van der Waals surface area (Å²) in [6.07, 6.45) is 3.18. The van der Waals surface area contributed by atoms with Gasteiger partial charge in [-0.1, -0.05) is 6.92 Å². The Morgan fingerprint density at radius 2 is 2.35 bits per heavy atom. The summed E-state index contributed by atoms with van der Waals surface area (Å²) >= 11 is 0. The highest BCUT2D eigenvalue weighted by molar-refractivity contribution is 5.40. The van der Waals surface area contributed by atoms with Gasteiger partial charge in [-0.05, 0) is 44.1 Å². The maximum atomic E-state index is 4.65. The van der Waals surface area contributed by atoms with Crippen LogP contribution in [0, 0.1) is 6.92 Å². The van der Waals surface area contributed by atoms with Gasteiger partial charge in [0.1, 0.15) is 0 Å². The van der Waals surface area contributed by atoms with Gasteiger partial charge in [0.05, 0.1) is 0 Å². The van der Waals surface area contributed by atoms with Crippen molar-refractivity contribution in [3.8, 4) is 0 Å². The summed E-state index contributed by atoms with van der Waals surface area (Å²) in [7, 11) is 0. The second-order valence-corrected chi connectivity index (χ2v) is 4.86. The molecule has 3 rings (SSSR count). The minimum Gasteiger partial charge on any atom is -0.303 e. The molecule has 3 heterocycles. The normalized spacial score (nSPS) is 21.4. The molecule has 0 saturated carbocycles. The zero-order valence-corrected chi connectivity index (χ0v) is 10.4. The fourth-order valence-corrected chi connectivity index (χ4v) is 2.50. The highest BCUT2D eigenvalue weighted by Gasteiger charge is 2.25. The SMILES string of the molecule is CCN1CCC(c2nc3cc(C)ccn3n2)C1. The molecule has 1 saturated heterocycles. The van der Waals surface area contributed by atoms with E-state index in [9.17, 15) is 0 Å². The average molecular weight is 230 g/mol. The highest BCUT2D eigenvalue weighted by Crippen LogP contribution is 2.24. The van der Waals surface area contributed by atoms with Gasteiger partial charge in [0.25, 0.3) is 0 Å². The lowest BCUT2D eigenvalue weighted by atomic mass is 10.1. The number of aryl methyl sites for hydroxylation is 1. The molecule has 1 aliphatic heterocycles. The first-order chi connectivity index (χ1) is 8.26. The van der Waals surface area contributed by atoms with Gasteiger partial charge in [-0.25, -0.2) is 9.50 Å². The van der Waals surface area contributed by atoms with Crippen LogP contribution in [0.1, 0.15) is 30.7 Å². The Bertz CT molecular complexity index is 531. The minimum atomic E-state index is 0.509. The van der Waals surface area contributed by atoms with Crippen molar-refractivity contribution in [1.29, 1.82) is 0 Å². The molecule has 2 aromatic heterocycles. The van der Waals surface area contributed by atoms with Crippen molar-refractivity contribution in [2.24, 2.45) is 0 Å². The molecule has 1 unspecified atom stereocenters. The van der Waals surface area contributed by atoms with Crippen molar-refractivity contribution in [2.45, 2.75) is 26.2 Å². The quantitative estimate of drug-likeness (QED) is 0.789. The second-order valence-electron chi connectivity index (χ2n) is 4.86. The van der Waals surface area contributed by atoms with Crippen molar-refractivity contribution in [3.05, 3.63) is 29.7 Å². The summed E-state index contributed by atoms with van der Waals surface area (Å²) in [6.45, 7) is 7.71. The van der Waals surface area contributed by atoms with Gasteiger partial charge in [-0.15, -0.1) is 0 Å². The van der Waals surface area contributed by atoms with E-state index in [4.69, 9.17) is 0 Å². The summed E-state index contributed by atoms with van der Waals surface area (Å²) in [5.74, 6) is 1.52. The second kappa shape index (κ2) is 4.11. The van der Waals surface area contributed by atoms with E-state index in [-0.39, 0.29) is 0 Å². The van der Waals surface area contributed by atoms with Crippen LogP contribution in [0.25, 0.3) is 5.65 Å². The molecule has 17 heavy (non-hydrogen) atoms. The van der Waals surface area contributed by atoms with E-state index < -0.39 is 0 Å². The molecule has 0 radical (unpaired) electrons. The third kappa shape index (κ3) is 1.93. The molecule has 2 aromatic rings. The maximum Gasteiger partial charge on any atom is 0.156 e. The lowest BCUT2D eigenvalue weighted by molar-refractivity contribution is 0.352. The van der Waals surface area contributed by atoms with E-state index in [2.05, 4.69) is 41.0 Å². The minimum absolute atomic E-state index is 0.509. The Morgan fingerprint density at radius 1 is 1.47 bits per heavy atom. The molecule has 1 atom stereocenters. The Hall–Kier alpha value is -1.42. The zero-order valence-electron chi connectivity index (χ0n) is 10.4. The third-order valence-electron chi connectivity index (χ3n) is 3.59. The van der Waals surface area contributed by atoms with E-state index in [0.29, 0.717) is 5.92 Å². The molecule has 1 fully saturated rings. The molecule has 0 bridgehead atoms. The van der Waals surface area contributed by atoms with Gasteiger partial charge in [0.2, 0.25) is 0 Å². The molecule has 1 aliphatic rings. The van der Waals surface area contributed by atoms with Crippen LogP contribution in [-0.2, 0) is 0 Å². The van der Waals surface area contributed by atoms with Crippen molar-refractivity contribution in [2.75, 3.05) is 19.6 Å². The van der Waals surface area contributed by atoms with Crippen LogP contribution >= 0.6 is 0 Å². The first-order valence-corrected chi connectivity index (χ1v) is 6.31. The Kier molecular flexibility index (Phi) is 2.59. The standard InChI is InChI=1S/C13H18N4/c1-3-16-6-5-11(9-16)13-14-12-8-10(2)4-7-17(12)15-13/h4,7-8,11H,3,5-6,9H2,1-2H3. The first-order valence-electron chi connectivity index (χ1n) is 6.31. The lowest BCUT2D eigenvalue weighted by Gasteiger charge is -2.10. The number of likely N-dealkylation sites (tertiary alicyclic amines) is 1. The topological polar surface area (TPSA) is 33.4 Å². The molecule has 0 aromatic carbocycles. The maximum absolute atomic E-state index is 4.65. The number of aromatic nitrogens is 3. The van der Waals surface area contributed by atoms with Gasteiger partial charge < -0.3 is 4.90 Å². The van der Waals surface area contributed by atoms with Crippen molar-refractivity contribution >= 4 is 5.65 Å². The van der Waals surface area contributed by atoms with Crippen LogP contribution in [0.4, 0.5) is 0 Å². The summed E-state index contributed by atoms with van der Waals surface area (Å²) in [6, 6.07) is 4.15. The van der Waals surface area contributed by atoms with Crippen LogP contribution < -0.4 is 0 Å². The van der Waals surface area contributed by atoms with E-state index >= 15 is 0 Å². The zero-order chi connectivity index (χ0) is 11.8. The summed E-state index contributed by atoms with van der Waals surface area (Å²) in [4.78, 5) is 7.11. The summed E-state index contributed by atoms with van der Waals surface area (Å²) < 4.78 is 1.89. The molecule has 0 aliphatic carbocycles. The number of hydrogen-bond acceptors (Lipinski definition) is 3.